The molecule has 0 aromatic heterocycles. The second-order valence-corrected chi connectivity index (χ2v) is 11.1. The summed E-state index contributed by atoms with van der Waals surface area (Å²) in [5.41, 5.74) is 11.5. The van der Waals surface area contributed by atoms with Gasteiger partial charge in [-0.25, -0.2) is 0 Å². The maximum atomic E-state index is 2.30. The summed E-state index contributed by atoms with van der Waals surface area (Å²) in [6.07, 6.45) is 4.35. The number of anilines is 6. The van der Waals surface area contributed by atoms with Crippen LogP contribution in [0.15, 0.2) is 194 Å². The predicted octanol–water partition coefficient (Wildman–Crippen LogP) is 12.5. The third kappa shape index (κ3) is 6.52. The van der Waals surface area contributed by atoms with E-state index in [9.17, 15) is 0 Å². The zero-order chi connectivity index (χ0) is 31.0. The van der Waals surface area contributed by atoms with Gasteiger partial charge in [0, 0.05) is 34.1 Å². The zero-order valence-corrected chi connectivity index (χ0v) is 25.5. The molecule has 0 amide bonds. The molecule has 0 saturated carbocycles. The fraction of sp³-hybridized carbons (Fsp3) is 0. The van der Waals surface area contributed by atoms with Crippen LogP contribution in [0.2, 0.25) is 0 Å². The van der Waals surface area contributed by atoms with Gasteiger partial charge in [0.15, 0.2) is 0 Å². The Morgan fingerprint density at radius 3 is 0.848 bits per heavy atom. The summed E-state index contributed by atoms with van der Waals surface area (Å²) in [4.78, 5) is 4.58. The number of rotatable bonds is 9. The first-order chi connectivity index (χ1) is 22.8. The van der Waals surface area contributed by atoms with Crippen molar-refractivity contribution >= 4 is 46.3 Å². The van der Waals surface area contributed by atoms with Crippen LogP contribution in [0.25, 0.3) is 23.3 Å². The molecule has 220 valence electrons. The molecule has 0 aliphatic heterocycles. The molecule has 0 fully saturated rings. The predicted molar refractivity (Wildman–Crippen MR) is 197 cm³/mol. The van der Waals surface area contributed by atoms with Crippen LogP contribution in [-0.2, 0) is 0 Å². The summed E-state index contributed by atoms with van der Waals surface area (Å²) >= 11 is 0. The molecule has 0 N–H and O–H groups in total. The van der Waals surface area contributed by atoms with Crippen LogP contribution in [0.5, 0.6) is 0 Å². The van der Waals surface area contributed by atoms with Crippen LogP contribution < -0.4 is 9.80 Å². The lowest BCUT2D eigenvalue weighted by Crippen LogP contribution is -2.09. The van der Waals surface area contributed by atoms with Crippen molar-refractivity contribution in [2.45, 2.75) is 0 Å². The van der Waals surface area contributed by atoms with Gasteiger partial charge in [0.2, 0.25) is 0 Å². The van der Waals surface area contributed by atoms with Crippen LogP contribution >= 0.6 is 0 Å². The van der Waals surface area contributed by atoms with E-state index in [0.717, 1.165) is 45.3 Å². The number of hydrogen-bond donors (Lipinski definition) is 0. The van der Waals surface area contributed by atoms with Gasteiger partial charge in [-0.2, -0.15) is 0 Å². The number of benzene rings is 7. The largest absolute Gasteiger partial charge is 0.311 e. The molecule has 46 heavy (non-hydrogen) atoms. The maximum Gasteiger partial charge on any atom is 0.0462 e. The molecule has 0 radical (unpaired) electrons. The Hall–Kier alpha value is -6.12. The van der Waals surface area contributed by atoms with Crippen molar-refractivity contribution in [1.82, 2.24) is 0 Å². The number of hydrogen-bond acceptors (Lipinski definition) is 2. The van der Waals surface area contributed by atoms with Crippen molar-refractivity contribution in [1.29, 1.82) is 0 Å². The van der Waals surface area contributed by atoms with Crippen LogP contribution in [0.4, 0.5) is 34.1 Å². The Bertz CT molecular complexity index is 1940. The molecule has 0 spiro atoms. The van der Waals surface area contributed by atoms with Gasteiger partial charge in [0.1, 0.15) is 0 Å². The summed E-state index contributed by atoms with van der Waals surface area (Å²) in [6.45, 7) is 0. The van der Waals surface area contributed by atoms with Crippen molar-refractivity contribution in [3.63, 3.8) is 0 Å². The Balaban J connectivity index is 1.11. The first-order valence-electron chi connectivity index (χ1n) is 15.6. The summed E-state index contributed by atoms with van der Waals surface area (Å²) < 4.78 is 0. The quantitative estimate of drug-likeness (QED) is 0.154. The molecule has 2 heteroatoms. The van der Waals surface area contributed by atoms with E-state index in [4.69, 9.17) is 0 Å². The van der Waals surface area contributed by atoms with Gasteiger partial charge in [0.25, 0.3) is 0 Å². The fourth-order valence-electron chi connectivity index (χ4n) is 5.72. The molecule has 0 aliphatic carbocycles. The third-order valence-electron chi connectivity index (χ3n) is 8.05. The SMILES string of the molecule is C(=Cc1ccc(N(c2ccccc2)c2ccc(-c3ccccc3)cc2)cc1)c1ccc(N(c2ccccc2)c2ccccc2)cc1. The van der Waals surface area contributed by atoms with Crippen LogP contribution in [0, 0.1) is 0 Å². The lowest BCUT2D eigenvalue weighted by atomic mass is 10.0. The highest BCUT2D eigenvalue weighted by atomic mass is 15.1. The maximum absolute atomic E-state index is 2.30. The number of nitrogens with zero attached hydrogens (tertiary/aromatic N) is 2. The molecule has 0 aliphatic rings. The van der Waals surface area contributed by atoms with Gasteiger partial charge in [-0.3, -0.25) is 0 Å². The van der Waals surface area contributed by atoms with E-state index in [1.807, 2.05) is 0 Å². The summed E-state index contributed by atoms with van der Waals surface area (Å²) in [5, 5.41) is 0. The smallest absolute Gasteiger partial charge is 0.0462 e. The lowest BCUT2D eigenvalue weighted by Gasteiger charge is -2.25. The normalized spacial score (nSPS) is 11.0. The first-order valence-corrected chi connectivity index (χ1v) is 15.6. The molecule has 7 aromatic carbocycles. The molecule has 7 aromatic rings. The monoisotopic (exact) mass is 590 g/mol. The first kappa shape index (κ1) is 28.6. The highest BCUT2D eigenvalue weighted by Gasteiger charge is 2.13. The van der Waals surface area contributed by atoms with Crippen molar-refractivity contribution in [3.8, 4) is 11.1 Å². The zero-order valence-electron chi connectivity index (χ0n) is 25.5. The van der Waals surface area contributed by atoms with Gasteiger partial charge in [-0.15, -0.1) is 0 Å². The van der Waals surface area contributed by atoms with Gasteiger partial charge >= 0.3 is 0 Å². The molecule has 0 atom stereocenters. The van der Waals surface area contributed by atoms with Crippen molar-refractivity contribution in [2.75, 3.05) is 9.80 Å². The van der Waals surface area contributed by atoms with E-state index in [-0.39, 0.29) is 0 Å². The summed E-state index contributed by atoms with van der Waals surface area (Å²) in [6, 6.07) is 68.3. The second kappa shape index (κ2) is 13.7. The van der Waals surface area contributed by atoms with Crippen LogP contribution in [0.1, 0.15) is 11.1 Å². The van der Waals surface area contributed by atoms with E-state index in [1.165, 1.54) is 11.1 Å². The average molecular weight is 591 g/mol. The van der Waals surface area contributed by atoms with E-state index < -0.39 is 0 Å². The van der Waals surface area contributed by atoms with Gasteiger partial charge in [0.05, 0.1) is 0 Å². The molecule has 7 rings (SSSR count). The Morgan fingerprint density at radius 1 is 0.239 bits per heavy atom. The van der Waals surface area contributed by atoms with Crippen LogP contribution in [0.3, 0.4) is 0 Å². The average Bonchev–Trinajstić information content (AvgIpc) is 3.14. The van der Waals surface area contributed by atoms with E-state index in [0.29, 0.717) is 0 Å². The van der Waals surface area contributed by atoms with Crippen molar-refractivity contribution in [3.05, 3.63) is 205 Å². The van der Waals surface area contributed by atoms with Gasteiger partial charge < -0.3 is 9.80 Å². The third-order valence-corrected chi connectivity index (χ3v) is 8.05. The molecule has 0 heterocycles. The van der Waals surface area contributed by atoms with E-state index in [1.54, 1.807) is 0 Å². The lowest BCUT2D eigenvalue weighted by molar-refractivity contribution is 1.28. The standard InChI is InChI=1S/C44H34N2/c1-5-13-37(14-6-1)38-27-33-44(34-28-38)46(41-19-11-4-12-20-41)43-31-25-36(26-32-43)22-21-35-23-29-42(30-24-35)45(39-15-7-2-8-16-39)40-17-9-3-10-18-40/h1-34H. The molecular weight excluding hydrogens is 556 g/mol. The van der Waals surface area contributed by atoms with E-state index >= 15 is 0 Å². The molecule has 0 bridgehead atoms. The molecule has 0 saturated heterocycles. The van der Waals surface area contributed by atoms with Crippen molar-refractivity contribution < 1.29 is 0 Å². The molecule has 0 unspecified atom stereocenters. The number of para-hydroxylation sites is 3. The minimum absolute atomic E-state index is 1.11. The van der Waals surface area contributed by atoms with Gasteiger partial charge in [-0.1, -0.05) is 133 Å². The Labute approximate surface area is 271 Å². The fourth-order valence-corrected chi connectivity index (χ4v) is 5.72. The minimum atomic E-state index is 1.11. The van der Waals surface area contributed by atoms with E-state index in [2.05, 4.69) is 216 Å². The Morgan fingerprint density at radius 2 is 0.500 bits per heavy atom. The summed E-state index contributed by atoms with van der Waals surface area (Å²) in [7, 11) is 0. The summed E-state index contributed by atoms with van der Waals surface area (Å²) in [5.74, 6) is 0. The highest BCUT2D eigenvalue weighted by Crippen LogP contribution is 2.36. The minimum Gasteiger partial charge on any atom is -0.311 e. The highest BCUT2D eigenvalue weighted by molar-refractivity contribution is 5.81. The Kier molecular flexibility index (Phi) is 8.51. The van der Waals surface area contributed by atoms with Crippen LogP contribution in [-0.4, -0.2) is 0 Å². The molecule has 2 nitrogen and oxygen atoms in total. The van der Waals surface area contributed by atoms with Gasteiger partial charge in [-0.05, 0) is 95.1 Å². The second-order valence-electron chi connectivity index (χ2n) is 11.1. The molecular formula is C44H34N2. The topological polar surface area (TPSA) is 6.48 Å². The van der Waals surface area contributed by atoms with Crippen molar-refractivity contribution in [2.24, 2.45) is 0 Å².